The van der Waals surface area contributed by atoms with Gasteiger partial charge in [0.2, 0.25) is 5.95 Å². The molecule has 0 bridgehead atoms. The van der Waals surface area contributed by atoms with Gasteiger partial charge in [0.15, 0.2) is 0 Å². The van der Waals surface area contributed by atoms with Gasteiger partial charge in [0.05, 0.1) is 0 Å². The lowest BCUT2D eigenvalue weighted by molar-refractivity contribution is 0.425. The summed E-state index contributed by atoms with van der Waals surface area (Å²) in [5, 5.41) is 3.36. The highest BCUT2D eigenvalue weighted by Crippen LogP contribution is 2.22. The number of nitrogens with one attached hydrogen (secondary N) is 1. The molecule has 0 fully saturated rings. The third-order valence-electron chi connectivity index (χ3n) is 3.92. The SMILES string of the molecule is CN(C)CCNc1ccnc(N2CCc3ccccc3C2)n1. The molecule has 2 heterocycles. The number of rotatable bonds is 5. The summed E-state index contributed by atoms with van der Waals surface area (Å²) in [6.07, 6.45) is 2.89. The summed E-state index contributed by atoms with van der Waals surface area (Å²) in [5.74, 6) is 1.70. The van der Waals surface area contributed by atoms with Crippen LogP contribution in [0.4, 0.5) is 11.8 Å². The van der Waals surface area contributed by atoms with E-state index in [1.54, 1.807) is 0 Å². The summed E-state index contributed by atoms with van der Waals surface area (Å²) in [7, 11) is 4.14. The van der Waals surface area contributed by atoms with E-state index < -0.39 is 0 Å². The van der Waals surface area contributed by atoms with Gasteiger partial charge in [-0.3, -0.25) is 0 Å². The molecule has 0 radical (unpaired) electrons. The summed E-state index contributed by atoms with van der Waals surface area (Å²) in [5.41, 5.74) is 2.82. The van der Waals surface area contributed by atoms with Crippen LogP contribution in [-0.4, -0.2) is 48.6 Å². The third-order valence-corrected chi connectivity index (χ3v) is 3.92. The van der Waals surface area contributed by atoms with Crippen molar-refractivity contribution in [3.8, 4) is 0 Å². The maximum Gasteiger partial charge on any atom is 0.227 e. The zero-order valence-electron chi connectivity index (χ0n) is 13.3. The van der Waals surface area contributed by atoms with E-state index in [1.165, 1.54) is 11.1 Å². The van der Waals surface area contributed by atoms with Gasteiger partial charge in [-0.2, -0.15) is 4.98 Å². The van der Waals surface area contributed by atoms with Crippen LogP contribution in [-0.2, 0) is 13.0 Å². The molecule has 1 aromatic heterocycles. The summed E-state index contributed by atoms with van der Waals surface area (Å²) < 4.78 is 0. The largest absolute Gasteiger partial charge is 0.369 e. The highest BCUT2D eigenvalue weighted by atomic mass is 15.3. The van der Waals surface area contributed by atoms with Gasteiger partial charge in [0.1, 0.15) is 5.82 Å². The van der Waals surface area contributed by atoms with E-state index in [-0.39, 0.29) is 0 Å². The second-order valence-electron chi connectivity index (χ2n) is 5.91. The van der Waals surface area contributed by atoms with Crippen LogP contribution in [0.15, 0.2) is 36.5 Å². The Morgan fingerprint density at radius 2 is 2.00 bits per heavy atom. The molecule has 0 amide bonds. The molecule has 0 unspecified atom stereocenters. The fraction of sp³-hybridized carbons (Fsp3) is 0.412. The first-order chi connectivity index (χ1) is 10.7. The van der Waals surface area contributed by atoms with Gasteiger partial charge in [-0.1, -0.05) is 24.3 Å². The fourth-order valence-corrected chi connectivity index (χ4v) is 2.67. The van der Waals surface area contributed by atoms with Crippen LogP contribution in [0, 0.1) is 0 Å². The molecule has 0 saturated carbocycles. The van der Waals surface area contributed by atoms with Crippen LogP contribution in [0.25, 0.3) is 0 Å². The minimum absolute atomic E-state index is 0.810. The zero-order chi connectivity index (χ0) is 15.4. The minimum atomic E-state index is 0.810. The maximum atomic E-state index is 4.65. The topological polar surface area (TPSA) is 44.3 Å². The molecule has 0 spiro atoms. The summed E-state index contributed by atoms with van der Waals surface area (Å²) >= 11 is 0. The lowest BCUT2D eigenvalue weighted by Gasteiger charge is -2.29. The van der Waals surface area contributed by atoms with E-state index in [9.17, 15) is 0 Å². The first kappa shape index (κ1) is 14.8. The standard InChI is InChI=1S/C17H23N5/c1-21(2)12-10-18-16-7-9-19-17(20-16)22-11-8-14-5-3-4-6-15(14)13-22/h3-7,9H,8,10-13H2,1-2H3,(H,18,19,20). The number of fused-ring (bicyclic) bond motifs is 1. The Morgan fingerprint density at radius 1 is 1.18 bits per heavy atom. The molecule has 5 heteroatoms. The van der Waals surface area contributed by atoms with Crippen molar-refractivity contribution in [3.63, 3.8) is 0 Å². The molecule has 2 aromatic rings. The van der Waals surface area contributed by atoms with Gasteiger partial charge in [-0.05, 0) is 37.7 Å². The van der Waals surface area contributed by atoms with Crippen molar-refractivity contribution >= 4 is 11.8 Å². The second-order valence-corrected chi connectivity index (χ2v) is 5.91. The number of likely N-dealkylation sites (N-methyl/N-ethyl adjacent to an activating group) is 1. The van der Waals surface area contributed by atoms with E-state index in [4.69, 9.17) is 0 Å². The number of hydrogen-bond donors (Lipinski definition) is 1. The normalized spacial score (nSPS) is 14.0. The van der Waals surface area contributed by atoms with Crippen LogP contribution >= 0.6 is 0 Å². The van der Waals surface area contributed by atoms with Gasteiger partial charge in [0.25, 0.3) is 0 Å². The van der Waals surface area contributed by atoms with E-state index in [0.29, 0.717) is 0 Å². The van der Waals surface area contributed by atoms with Crippen molar-refractivity contribution in [2.24, 2.45) is 0 Å². The Morgan fingerprint density at radius 3 is 2.82 bits per heavy atom. The monoisotopic (exact) mass is 297 g/mol. The molecule has 116 valence electrons. The molecule has 0 saturated heterocycles. The van der Waals surface area contributed by atoms with Gasteiger partial charge in [-0.25, -0.2) is 4.98 Å². The molecular formula is C17H23N5. The van der Waals surface area contributed by atoms with Crippen LogP contribution in [0.2, 0.25) is 0 Å². The molecule has 0 atom stereocenters. The van der Waals surface area contributed by atoms with Crippen LogP contribution in [0.1, 0.15) is 11.1 Å². The summed E-state index contributed by atoms with van der Waals surface area (Å²) in [4.78, 5) is 13.5. The molecule has 1 N–H and O–H groups in total. The van der Waals surface area contributed by atoms with E-state index in [0.717, 1.165) is 44.4 Å². The highest BCUT2D eigenvalue weighted by molar-refractivity contribution is 5.44. The number of hydrogen-bond acceptors (Lipinski definition) is 5. The Hall–Kier alpha value is -2.14. The summed E-state index contributed by atoms with van der Waals surface area (Å²) in [6, 6.07) is 10.5. The van der Waals surface area contributed by atoms with Gasteiger partial charge in [-0.15, -0.1) is 0 Å². The first-order valence-corrected chi connectivity index (χ1v) is 7.76. The van der Waals surface area contributed by atoms with E-state index in [1.807, 2.05) is 12.3 Å². The van der Waals surface area contributed by atoms with Crippen molar-refractivity contribution in [3.05, 3.63) is 47.7 Å². The van der Waals surface area contributed by atoms with Crippen molar-refractivity contribution < 1.29 is 0 Å². The van der Waals surface area contributed by atoms with Gasteiger partial charge in [0, 0.05) is 32.4 Å². The predicted octanol–water partition coefficient (Wildman–Crippen LogP) is 2.01. The van der Waals surface area contributed by atoms with Crippen LogP contribution in [0.3, 0.4) is 0 Å². The average Bonchev–Trinajstić information content (AvgIpc) is 2.54. The minimum Gasteiger partial charge on any atom is -0.369 e. The predicted molar refractivity (Wildman–Crippen MR) is 90.3 cm³/mol. The molecule has 1 aromatic carbocycles. The zero-order valence-corrected chi connectivity index (χ0v) is 13.3. The third kappa shape index (κ3) is 3.54. The molecule has 0 aliphatic carbocycles. The van der Waals surface area contributed by atoms with E-state index in [2.05, 4.69) is 63.4 Å². The molecule has 1 aliphatic heterocycles. The lowest BCUT2D eigenvalue weighted by Crippen LogP contribution is -2.31. The van der Waals surface area contributed by atoms with Crippen molar-refractivity contribution in [2.75, 3.05) is 43.9 Å². The number of nitrogens with zero attached hydrogens (tertiary/aromatic N) is 4. The van der Waals surface area contributed by atoms with Gasteiger partial charge < -0.3 is 15.1 Å². The Kier molecular flexibility index (Phi) is 4.53. The van der Waals surface area contributed by atoms with Crippen LogP contribution in [0.5, 0.6) is 0 Å². The quantitative estimate of drug-likeness (QED) is 0.914. The highest BCUT2D eigenvalue weighted by Gasteiger charge is 2.18. The molecule has 22 heavy (non-hydrogen) atoms. The molecular weight excluding hydrogens is 274 g/mol. The van der Waals surface area contributed by atoms with Crippen molar-refractivity contribution in [1.82, 2.24) is 14.9 Å². The fourth-order valence-electron chi connectivity index (χ4n) is 2.67. The van der Waals surface area contributed by atoms with Crippen LogP contribution < -0.4 is 10.2 Å². The first-order valence-electron chi connectivity index (χ1n) is 7.76. The van der Waals surface area contributed by atoms with Crippen molar-refractivity contribution in [2.45, 2.75) is 13.0 Å². The number of benzene rings is 1. The van der Waals surface area contributed by atoms with E-state index >= 15 is 0 Å². The molecule has 1 aliphatic rings. The second kappa shape index (κ2) is 6.75. The maximum absolute atomic E-state index is 4.65. The summed E-state index contributed by atoms with van der Waals surface area (Å²) in [6.45, 7) is 3.72. The number of aromatic nitrogens is 2. The Labute approximate surface area is 132 Å². The number of anilines is 2. The lowest BCUT2D eigenvalue weighted by atomic mass is 10.0. The van der Waals surface area contributed by atoms with Crippen molar-refractivity contribution in [1.29, 1.82) is 0 Å². The average molecular weight is 297 g/mol. The van der Waals surface area contributed by atoms with Gasteiger partial charge >= 0.3 is 0 Å². The molecule has 3 rings (SSSR count). The smallest absolute Gasteiger partial charge is 0.227 e. The Balaban J connectivity index is 1.68. The molecule has 5 nitrogen and oxygen atoms in total. The Bertz CT molecular complexity index is 626.